The fourth-order valence-electron chi connectivity index (χ4n) is 4.20. The molecular weight excluding hydrogens is 581 g/mol. The van der Waals surface area contributed by atoms with Gasteiger partial charge in [-0.3, -0.25) is 0 Å². The van der Waals surface area contributed by atoms with Gasteiger partial charge in [-0.05, 0) is 76.3 Å². The van der Waals surface area contributed by atoms with E-state index in [9.17, 15) is 13.2 Å². The van der Waals surface area contributed by atoms with Gasteiger partial charge >= 0.3 is 6.09 Å². The molecule has 1 aliphatic rings. The highest BCUT2D eigenvalue weighted by atomic mass is 127. The second-order valence-corrected chi connectivity index (χ2v) is 12.9. The van der Waals surface area contributed by atoms with Crippen LogP contribution in [0.5, 0.6) is 0 Å². The molecule has 188 valence electrons. The van der Waals surface area contributed by atoms with Crippen molar-refractivity contribution in [3.63, 3.8) is 0 Å². The summed E-state index contributed by atoms with van der Waals surface area (Å²) in [6.45, 7) is 12.4. The second kappa shape index (κ2) is 9.23. The standard InChI is InChI=1S/C24H30IN5O4S/c1-15-7-9-18(10-8-15)35(32,33)30-13-19(25)20-21(26-14-27-22(20)30)28-11-17(3)29(12-16(28)2)23(31)34-24(4,5)6/h7-10,13-14,16-17H,11-12H2,1-6H3/t16-,17+/m0/s1. The number of piperazine rings is 1. The maximum absolute atomic E-state index is 13.4. The number of nitrogens with zero attached hydrogens (tertiary/aromatic N) is 5. The summed E-state index contributed by atoms with van der Waals surface area (Å²) in [5.74, 6) is 0.653. The van der Waals surface area contributed by atoms with Gasteiger partial charge in [-0.1, -0.05) is 17.7 Å². The molecule has 3 heterocycles. The van der Waals surface area contributed by atoms with Crippen LogP contribution < -0.4 is 4.90 Å². The highest BCUT2D eigenvalue weighted by molar-refractivity contribution is 14.1. The zero-order chi connectivity index (χ0) is 25.7. The largest absolute Gasteiger partial charge is 0.444 e. The van der Waals surface area contributed by atoms with Crippen molar-refractivity contribution in [3.8, 4) is 0 Å². The van der Waals surface area contributed by atoms with Gasteiger partial charge in [0.2, 0.25) is 0 Å². The molecule has 1 fully saturated rings. The normalized spacial score (nSPS) is 19.3. The summed E-state index contributed by atoms with van der Waals surface area (Å²) in [4.78, 5) is 25.7. The Hall–Kier alpha value is -2.41. The predicted molar refractivity (Wildman–Crippen MR) is 143 cm³/mol. The molecule has 1 aromatic carbocycles. The number of fused-ring (bicyclic) bond motifs is 1. The Morgan fingerprint density at radius 3 is 2.37 bits per heavy atom. The predicted octanol–water partition coefficient (Wildman–Crippen LogP) is 4.42. The third-order valence-electron chi connectivity index (χ3n) is 5.95. The Morgan fingerprint density at radius 2 is 1.74 bits per heavy atom. The van der Waals surface area contributed by atoms with Gasteiger partial charge in [0.05, 0.1) is 10.3 Å². The summed E-state index contributed by atoms with van der Waals surface area (Å²) in [7, 11) is -3.84. The van der Waals surface area contributed by atoms with E-state index < -0.39 is 15.6 Å². The van der Waals surface area contributed by atoms with Crippen LogP contribution >= 0.6 is 22.6 Å². The number of ether oxygens (including phenoxy) is 1. The van der Waals surface area contributed by atoms with Crippen LogP contribution in [-0.2, 0) is 14.8 Å². The fraction of sp³-hybridized carbons (Fsp3) is 0.458. The molecule has 2 aromatic heterocycles. The van der Waals surface area contributed by atoms with Gasteiger partial charge in [-0.25, -0.2) is 27.2 Å². The Morgan fingerprint density at radius 1 is 1.09 bits per heavy atom. The van der Waals surface area contributed by atoms with Crippen LogP contribution in [0.25, 0.3) is 11.0 Å². The third-order valence-corrected chi connectivity index (χ3v) is 8.43. The molecule has 35 heavy (non-hydrogen) atoms. The summed E-state index contributed by atoms with van der Waals surface area (Å²) in [6.07, 6.45) is 2.64. The number of hydrogen-bond donors (Lipinski definition) is 0. The Balaban J connectivity index is 1.71. The number of halogens is 1. The third kappa shape index (κ3) is 4.97. The van der Waals surface area contributed by atoms with Crippen LogP contribution in [0.1, 0.15) is 40.2 Å². The summed E-state index contributed by atoms with van der Waals surface area (Å²) >= 11 is 2.13. The first-order valence-corrected chi connectivity index (χ1v) is 13.9. The average molecular weight is 612 g/mol. The summed E-state index contributed by atoms with van der Waals surface area (Å²) in [5, 5.41) is 0.675. The van der Waals surface area contributed by atoms with Gasteiger partial charge in [0.1, 0.15) is 17.7 Å². The average Bonchev–Trinajstić information content (AvgIpc) is 3.12. The quantitative estimate of drug-likeness (QED) is 0.405. The fourth-order valence-corrected chi connectivity index (χ4v) is 6.47. The minimum absolute atomic E-state index is 0.0651. The van der Waals surface area contributed by atoms with E-state index in [4.69, 9.17) is 4.74 Å². The lowest BCUT2D eigenvalue weighted by Gasteiger charge is -2.44. The number of rotatable bonds is 3. The Kier molecular flexibility index (Phi) is 6.77. The number of carbonyl (C=O) groups excluding carboxylic acids is 1. The Bertz CT molecular complexity index is 1370. The molecule has 0 radical (unpaired) electrons. The van der Waals surface area contributed by atoms with Crippen LogP contribution in [0.3, 0.4) is 0 Å². The maximum Gasteiger partial charge on any atom is 0.410 e. The van der Waals surface area contributed by atoms with Crippen molar-refractivity contribution in [2.24, 2.45) is 0 Å². The highest BCUT2D eigenvalue weighted by Crippen LogP contribution is 2.34. The van der Waals surface area contributed by atoms with Crippen LogP contribution in [0.2, 0.25) is 0 Å². The molecule has 0 aliphatic carbocycles. The maximum atomic E-state index is 13.4. The van der Waals surface area contributed by atoms with Crippen molar-refractivity contribution in [1.29, 1.82) is 0 Å². The zero-order valence-electron chi connectivity index (χ0n) is 20.7. The molecule has 1 amide bonds. The smallest absolute Gasteiger partial charge is 0.410 e. The van der Waals surface area contributed by atoms with Gasteiger partial charge in [-0.15, -0.1) is 0 Å². The first-order chi connectivity index (χ1) is 16.3. The first-order valence-electron chi connectivity index (χ1n) is 11.4. The minimum Gasteiger partial charge on any atom is -0.444 e. The van der Waals surface area contributed by atoms with Gasteiger partial charge in [0, 0.05) is 34.9 Å². The van der Waals surface area contributed by atoms with E-state index in [0.717, 1.165) is 9.13 Å². The Labute approximate surface area is 219 Å². The molecule has 0 saturated carbocycles. The van der Waals surface area contributed by atoms with E-state index in [0.29, 0.717) is 29.9 Å². The van der Waals surface area contributed by atoms with E-state index in [1.807, 2.05) is 41.5 Å². The molecule has 1 saturated heterocycles. The lowest BCUT2D eigenvalue weighted by Crippen LogP contribution is -2.59. The van der Waals surface area contributed by atoms with Crippen molar-refractivity contribution in [1.82, 2.24) is 18.8 Å². The number of anilines is 1. The summed E-state index contributed by atoms with van der Waals surface area (Å²) in [6, 6.07) is 6.57. The lowest BCUT2D eigenvalue weighted by atomic mass is 10.1. The van der Waals surface area contributed by atoms with Crippen LogP contribution in [-0.4, -0.2) is 64.1 Å². The number of carbonyl (C=O) groups is 1. The van der Waals surface area contributed by atoms with Crippen molar-refractivity contribution in [3.05, 3.63) is 45.9 Å². The molecule has 1 aliphatic heterocycles. The van der Waals surface area contributed by atoms with Crippen LogP contribution in [0, 0.1) is 10.5 Å². The van der Waals surface area contributed by atoms with E-state index >= 15 is 0 Å². The molecule has 0 N–H and O–H groups in total. The van der Waals surface area contributed by atoms with Crippen molar-refractivity contribution >= 4 is 55.6 Å². The number of benzene rings is 1. The number of aromatic nitrogens is 3. The van der Waals surface area contributed by atoms with Crippen molar-refractivity contribution in [2.45, 2.75) is 64.1 Å². The zero-order valence-corrected chi connectivity index (χ0v) is 23.7. The lowest BCUT2D eigenvalue weighted by molar-refractivity contribution is 0.0130. The van der Waals surface area contributed by atoms with Crippen LogP contribution in [0.4, 0.5) is 10.6 Å². The molecule has 2 atom stereocenters. The van der Waals surface area contributed by atoms with Gasteiger partial charge in [0.15, 0.2) is 5.65 Å². The number of aryl methyl sites for hydroxylation is 1. The van der Waals surface area contributed by atoms with Crippen molar-refractivity contribution < 1.29 is 17.9 Å². The summed E-state index contributed by atoms with van der Waals surface area (Å²) in [5.41, 5.74) is 0.737. The van der Waals surface area contributed by atoms with E-state index in [1.54, 1.807) is 35.4 Å². The molecule has 0 bridgehead atoms. The number of amides is 1. The van der Waals surface area contributed by atoms with Gasteiger partial charge in [0.25, 0.3) is 10.0 Å². The molecule has 9 nitrogen and oxygen atoms in total. The monoisotopic (exact) mass is 611 g/mol. The highest BCUT2D eigenvalue weighted by Gasteiger charge is 2.36. The number of hydrogen-bond acceptors (Lipinski definition) is 7. The minimum atomic E-state index is -3.84. The first kappa shape index (κ1) is 25.7. The van der Waals surface area contributed by atoms with E-state index in [-0.39, 0.29) is 23.1 Å². The molecule has 4 rings (SSSR count). The van der Waals surface area contributed by atoms with Gasteiger partial charge in [-0.2, -0.15) is 0 Å². The molecular formula is C24H30IN5O4S. The van der Waals surface area contributed by atoms with E-state index in [2.05, 4.69) is 37.5 Å². The second-order valence-electron chi connectivity index (χ2n) is 9.97. The van der Waals surface area contributed by atoms with E-state index in [1.165, 1.54) is 10.3 Å². The summed E-state index contributed by atoms with van der Waals surface area (Å²) < 4.78 is 34.4. The van der Waals surface area contributed by atoms with Gasteiger partial charge < -0.3 is 14.5 Å². The SMILES string of the molecule is Cc1ccc(S(=O)(=O)n2cc(I)c3c(N4C[C@@H](C)N(C(=O)OC(C)(C)C)C[C@@H]4C)ncnc32)cc1. The topological polar surface area (TPSA) is 97.6 Å². The van der Waals surface area contributed by atoms with Crippen LogP contribution in [0.15, 0.2) is 41.7 Å². The molecule has 11 heteroatoms. The molecule has 0 unspecified atom stereocenters. The molecule has 3 aromatic rings. The van der Waals surface area contributed by atoms with Crippen molar-refractivity contribution in [2.75, 3.05) is 18.0 Å². The molecule has 0 spiro atoms.